The van der Waals surface area contributed by atoms with Crippen LogP contribution in [0.25, 0.3) is 0 Å². The summed E-state index contributed by atoms with van der Waals surface area (Å²) < 4.78 is 11.2. The van der Waals surface area contributed by atoms with Crippen LogP contribution in [0.2, 0.25) is 5.02 Å². The van der Waals surface area contributed by atoms with Gasteiger partial charge in [-0.15, -0.1) is 11.3 Å². The third kappa shape index (κ3) is 5.02. The number of hydrogen-bond donors (Lipinski definition) is 2. The third-order valence-electron chi connectivity index (χ3n) is 3.76. The molecule has 0 saturated heterocycles. The summed E-state index contributed by atoms with van der Waals surface area (Å²) in [4.78, 5) is 9.11. The molecule has 2 aromatic rings. The largest absolute Gasteiger partial charge is 0.486 e. The van der Waals surface area contributed by atoms with Crippen molar-refractivity contribution in [3.05, 3.63) is 38.8 Å². The van der Waals surface area contributed by atoms with E-state index < -0.39 is 0 Å². The lowest BCUT2D eigenvalue weighted by atomic mass is 10.2. The first-order valence-electron chi connectivity index (χ1n) is 8.67. The fourth-order valence-corrected chi connectivity index (χ4v) is 3.53. The number of ether oxygens (including phenoxy) is 2. The van der Waals surface area contributed by atoms with E-state index in [1.165, 1.54) is 0 Å². The van der Waals surface area contributed by atoms with Crippen molar-refractivity contribution in [1.82, 2.24) is 15.6 Å². The van der Waals surface area contributed by atoms with Crippen LogP contribution in [-0.4, -0.2) is 37.2 Å². The zero-order chi connectivity index (χ0) is 18.4. The van der Waals surface area contributed by atoms with Gasteiger partial charge >= 0.3 is 0 Å². The molecule has 1 aromatic heterocycles. The molecule has 0 aliphatic carbocycles. The quantitative estimate of drug-likeness (QED) is 0.581. The summed E-state index contributed by atoms with van der Waals surface area (Å²) >= 11 is 7.96. The monoisotopic (exact) mass is 394 g/mol. The predicted molar refractivity (Wildman–Crippen MR) is 106 cm³/mol. The molecule has 1 aliphatic heterocycles. The van der Waals surface area contributed by atoms with Gasteiger partial charge in [0.25, 0.3) is 0 Å². The van der Waals surface area contributed by atoms with Crippen LogP contribution in [0.5, 0.6) is 11.5 Å². The summed E-state index contributed by atoms with van der Waals surface area (Å²) in [6.45, 7) is 7.20. The number of aryl methyl sites for hydroxylation is 1. The number of nitrogens with one attached hydrogen (secondary N) is 2. The molecule has 26 heavy (non-hydrogen) atoms. The first-order valence-corrected chi connectivity index (χ1v) is 9.92. The van der Waals surface area contributed by atoms with Gasteiger partial charge in [0.15, 0.2) is 17.5 Å². The molecule has 1 aliphatic rings. The molecule has 2 N–H and O–H groups in total. The number of fused-ring (bicyclic) bond motifs is 1. The second-order valence-electron chi connectivity index (χ2n) is 5.83. The minimum atomic E-state index is 0.501. The molecule has 8 heteroatoms. The van der Waals surface area contributed by atoms with E-state index in [0.717, 1.165) is 41.7 Å². The number of hydrogen-bond acceptors (Lipinski definition) is 5. The Bertz CT molecular complexity index is 779. The lowest BCUT2D eigenvalue weighted by molar-refractivity contribution is 0.171. The predicted octanol–water partition coefficient (Wildman–Crippen LogP) is 3.17. The lowest BCUT2D eigenvalue weighted by Crippen LogP contribution is -2.38. The zero-order valence-electron chi connectivity index (χ0n) is 15.0. The minimum absolute atomic E-state index is 0.501. The maximum absolute atomic E-state index is 6.29. The maximum atomic E-state index is 6.29. The Kier molecular flexibility index (Phi) is 6.57. The van der Waals surface area contributed by atoms with Crippen molar-refractivity contribution < 1.29 is 9.47 Å². The highest BCUT2D eigenvalue weighted by Crippen LogP contribution is 2.38. The molecular formula is C18H23ClN4O2S. The molecule has 0 atom stereocenters. The maximum Gasteiger partial charge on any atom is 0.191 e. The van der Waals surface area contributed by atoms with Gasteiger partial charge in [0.05, 0.1) is 22.3 Å². The number of aromatic nitrogens is 1. The van der Waals surface area contributed by atoms with Crippen LogP contribution in [0.1, 0.15) is 23.2 Å². The van der Waals surface area contributed by atoms with Crippen LogP contribution in [0, 0.1) is 6.92 Å². The van der Waals surface area contributed by atoms with Crippen molar-refractivity contribution in [3.8, 4) is 11.5 Å². The van der Waals surface area contributed by atoms with E-state index >= 15 is 0 Å². The Morgan fingerprint density at radius 3 is 2.92 bits per heavy atom. The van der Waals surface area contributed by atoms with Crippen molar-refractivity contribution in [2.75, 3.05) is 26.3 Å². The molecule has 0 radical (unpaired) electrons. The van der Waals surface area contributed by atoms with Crippen LogP contribution in [0.15, 0.2) is 22.5 Å². The topological polar surface area (TPSA) is 67.8 Å². The van der Waals surface area contributed by atoms with E-state index in [2.05, 4.69) is 26.0 Å². The molecule has 0 bridgehead atoms. The van der Waals surface area contributed by atoms with Gasteiger partial charge in [-0.05, 0) is 31.5 Å². The van der Waals surface area contributed by atoms with E-state index in [1.807, 2.05) is 26.0 Å². The van der Waals surface area contributed by atoms with E-state index in [1.54, 1.807) is 11.3 Å². The van der Waals surface area contributed by atoms with Crippen LogP contribution in [0.3, 0.4) is 0 Å². The summed E-state index contributed by atoms with van der Waals surface area (Å²) in [7, 11) is 0. The number of guanidine groups is 1. The highest BCUT2D eigenvalue weighted by Gasteiger charge is 2.16. The third-order valence-corrected chi connectivity index (χ3v) is 4.86. The summed E-state index contributed by atoms with van der Waals surface area (Å²) in [6.07, 6.45) is 0.866. The molecule has 3 rings (SSSR count). The fourth-order valence-electron chi connectivity index (χ4n) is 2.60. The van der Waals surface area contributed by atoms with E-state index in [4.69, 9.17) is 21.1 Å². The molecular weight excluding hydrogens is 372 g/mol. The van der Waals surface area contributed by atoms with Crippen LogP contribution >= 0.6 is 22.9 Å². The number of benzene rings is 1. The van der Waals surface area contributed by atoms with Gasteiger partial charge in [-0.3, -0.25) is 0 Å². The Balaban J connectivity index is 1.60. The Labute approximate surface area is 162 Å². The average Bonchev–Trinajstić information content (AvgIpc) is 3.05. The van der Waals surface area contributed by atoms with Gasteiger partial charge in [-0.2, -0.15) is 0 Å². The Morgan fingerprint density at radius 1 is 1.31 bits per heavy atom. The first kappa shape index (κ1) is 18.8. The minimum Gasteiger partial charge on any atom is -0.486 e. The standard InChI is InChI=1S/C18H23ClN4O2S/c1-3-20-18(21-5-4-14-11-26-12(2)23-14)22-10-13-8-15(19)17-16(9-13)24-6-7-25-17/h8-9,11H,3-7,10H2,1-2H3,(H2,20,21,22). The zero-order valence-corrected chi connectivity index (χ0v) is 16.5. The normalized spacial score (nSPS) is 13.6. The van der Waals surface area contributed by atoms with Gasteiger partial charge in [0.1, 0.15) is 13.2 Å². The molecule has 0 spiro atoms. The van der Waals surface area contributed by atoms with E-state index in [0.29, 0.717) is 36.3 Å². The van der Waals surface area contributed by atoms with Crippen molar-refractivity contribution in [1.29, 1.82) is 0 Å². The average molecular weight is 395 g/mol. The van der Waals surface area contributed by atoms with Gasteiger partial charge in [0.2, 0.25) is 0 Å². The molecule has 1 aromatic carbocycles. The molecule has 2 heterocycles. The highest BCUT2D eigenvalue weighted by atomic mass is 35.5. The summed E-state index contributed by atoms with van der Waals surface area (Å²) in [5, 5.41) is 10.3. The van der Waals surface area contributed by atoms with E-state index in [-0.39, 0.29) is 0 Å². The summed E-state index contributed by atoms with van der Waals surface area (Å²) in [5.41, 5.74) is 2.08. The second-order valence-corrected chi connectivity index (χ2v) is 7.30. The lowest BCUT2D eigenvalue weighted by Gasteiger charge is -2.20. The molecule has 0 unspecified atom stereocenters. The number of rotatable bonds is 6. The van der Waals surface area contributed by atoms with Crippen molar-refractivity contribution in [3.63, 3.8) is 0 Å². The number of halogens is 1. The number of aliphatic imine (C=N–C) groups is 1. The molecule has 0 amide bonds. The second kappa shape index (κ2) is 9.09. The highest BCUT2D eigenvalue weighted by molar-refractivity contribution is 7.09. The van der Waals surface area contributed by atoms with E-state index in [9.17, 15) is 0 Å². The first-order chi connectivity index (χ1) is 12.7. The van der Waals surface area contributed by atoms with Crippen molar-refractivity contribution in [2.24, 2.45) is 4.99 Å². The fraction of sp³-hybridized carbons (Fsp3) is 0.444. The van der Waals surface area contributed by atoms with Crippen LogP contribution in [-0.2, 0) is 13.0 Å². The SMILES string of the molecule is CCNC(=NCc1cc(Cl)c2c(c1)OCCO2)NCCc1csc(C)n1. The van der Waals surface area contributed by atoms with Gasteiger partial charge < -0.3 is 20.1 Å². The number of nitrogens with zero attached hydrogens (tertiary/aromatic N) is 2. The van der Waals surface area contributed by atoms with Crippen molar-refractivity contribution in [2.45, 2.75) is 26.8 Å². The van der Waals surface area contributed by atoms with Gasteiger partial charge in [0, 0.05) is 24.9 Å². The van der Waals surface area contributed by atoms with Gasteiger partial charge in [-0.25, -0.2) is 9.98 Å². The molecule has 0 fully saturated rings. The smallest absolute Gasteiger partial charge is 0.191 e. The van der Waals surface area contributed by atoms with Crippen LogP contribution < -0.4 is 20.1 Å². The molecule has 6 nitrogen and oxygen atoms in total. The number of thiazole rings is 1. The summed E-state index contributed by atoms with van der Waals surface area (Å²) in [5.74, 6) is 2.07. The van der Waals surface area contributed by atoms with Gasteiger partial charge in [-0.1, -0.05) is 11.6 Å². The van der Waals surface area contributed by atoms with Crippen molar-refractivity contribution >= 4 is 28.9 Å². The summed E-state index contributed by atoms with van der Waals surface area (Å²) in [6, 6.07) is 3.81. The molecule has 140 valence electrons. The molecule has 0 saturated carbocycles. The Morgan fingerprint density at radius 2 is 2.15 bits per heavy atom. The Hall–Kier alpha value is -1.99. The van der Waals surface area contributed by atoms with Crippen LogP contribution in [0.4, 0.5) is 0 Å².